The van der Waals surface area contributed by atoms with Crippen molar-refractivity contribution in [2.75, 3.05) is 38.3 Å². The molecule has 6 rings (SSSR count). The second-order valence-electron chi connectivity index (χ2n) is 9.86. The Morgan fingerprint density at radius 2 is 2.03 bits per heavy atom. The largest absolute Gasteiger partial charge is 0.453 e. The number of rotatable bonds is 5. The molecular weight excluding hydrogens is 478 g/mol. The number of anilines is 1. The molecule has 4 aliphatic rings. The van der Waals surface area contributed by atoms with Gasteiger partial charge in [-0.15, -0.1) is 0 Å². The number of benzene rings is 1. The van der Waals surface area contributed by atoms with Gasteiger partial charge in [-0.05, 0) is 35.7 Å². The van der Waals surface area contributed by atoms with Crippen LogP contribution in [-0.4, -0.2) is 78.6 Å². The molecule has 11 heteroatoms. The summed E-state index contributed by atoms with van der Waals surface area (Å²) in [7, 11) is 1.28. The molecular formula is C26H25N5O6. The topological polar surface area (TPSA) is 145 Å². The summed E-state index contributed by atoms with van der Waals surface area (Å²) in [5.41, 5.74) is 3.64. The van der Waals surface area contributed by atoms with Crippen LogP contribution in [0.2, 0.25) is 0 Å². The van der Waals surface area contributed by atoms with Gasteiger partial charge in [0.05, 0.1) is 37.1 Å². The molecule has 190 valence electrons. The zero-order valence-electron chi connectivity index (χ0n) is 20.1. The highest BCUT2D eigenvalue weighted by atomic mass is 16.6. The van der Waals surface area contributed by atoms with Gasteiger partial charge in [-0.3, -0.25) is 14.7 Å². The molecule has 4 heterocycles. The number of carbonyl (C=O) groups is 3. The maximum absolute atomic E-state index is 12.5. The van der Waals surface area contributed by atoms with Crippen molar-refractivity contribution in [1.82, 2.24) is 15.2 Å². The van der Waals surface area contributed by atoms with E-state index in [-0.39, 0.29) is 30.3 Å². The number of nitriles is 1. The van der Waals surface area contributed by atoms with Crippen molar-refractivity contribution in [2.24, 2.45) is 11.8 Å². The lowest BCUT2D eigenvalue weighted by Gasteiger charge is -2.22. The van der Waals surface area contributed by atoms with Gasteiger partial charge in [0.25, 0.3) is 0 Å². The molecule has 3 fully saturated rings. The van der Waals surface area contributed by atoms with Crippen molar-refractivity contribution in [3.05, 3.63) is 47.8 Å². The van der Waals surface area contributed by atoms with Crippen molar-refractivity contribution in [2.45, 2.75) is 24.0 Å². The van der Waals surface area contributed by atoms with E-state index in [0.717, 1.165) is 22.4 Å². The average molecular weight is 504 g/mol. The Morgan fingerprint density at radius 3 is 2.68 bits per heavy atom. The van der Waals surface area contributed by atoms with Crippen LogP contribution in [0.4, 0.5) is 15.3 Å². The first-order valence-corrected chi connectivity index (χ1v) is 12.1. The Balaban J connectivity index is 1.18. The van der Waals surface area contributed by atoms with E-state index >= 15 is 0 Å². The maximum Gasteiger partial charge on any atom is 0.415 e. The molecule has 1 aliphatic carbocycles. The number of cyclic esters (lactones) is 1. The van der Waals surface area contributed by atoms with Crippen LogP contribution in [0.3, 0.4) is 0 Å². The molecule has 37 heavy (non-hydrogen) atoms. The average Bonchev–Trinajstić information content (AvgIpc) is 3.29. The Hall–Kier alpha value is -4.17. The van der Waals surface area contributed by atoms with Gasteiger partial charge < -0.3 is 24.8 Å². The summed E-state index contributed by atoms with van der Waals surface area (Å²) in [6, 6.07) is 11.9. The predicted molar refractivity (Wildman–Crippen MR) is 128 cm³/mol. The second-order valence-corrected chi connectivity index (χ2v) is 9.86. The monoisotopic (exact) mass is 503 g/mol. The summed E-state index contributed by atoms with van der Waals surface area (Å²) in [5.74, 6) is -0.249. The molecule has 0 spiro atoms. The zero-order chi connectivity index (χ0) is 25.9. The number of amides is 3. The van der Waals surface area contributed by atoms with Gasteiger partial charge in [0.1, 0.15) is 18.1 Å². The standard InChI is InChI=1S/C26H25N5O6/c1-36-24(34)29-9-21-20-7-16-6-14(2-4-19(16)31(20)25(35)37-21)15-3-5-22(28-8-15)26(13-27)17-10-30(11-18(17)26)23(33)12-32/h2-6,8,17-18,20-21,32H,7,9-12H2,1H3,(H,29,34)/t17-,18+,20-,21-,26+/m0/s1. The van der Waals surface area contributed by atoms with E-state index in [1.807, 2.05) is 30.3 Å². The Kier molecular flexibility index (Phi) is 5.31. The number of piperidine rings is 1. The molecule has 2 N–H and O–H groups in total. The van der Waals surface area contributed by atoms with Gasteiger partial charge in [0.2, 0.25) is 5.91 Å². The summed E-state index contributed by atoms with van der Waals surface area (Å²) >= 11 is 0. The molecule has 0 radical (unpaired) electrons. The Morgan fingerprint density at radius 1 is 1.27 bits per heavy atom. The molecule has 2 saturated heterocycles. The Bertz CT molecular complexity index is 1330. The number of likely N-dealkylation sites (tertiary alicyclic amines) is 1. The minimum Gasteiger partial charge on any atom is -0.453 e. The fourth-order valence-electron chi connectivity index (χ4n) is 6.24. The van der Waals surface area contributed by atoms with E-state index in [0.29, 0.717) is 25.2 Å². The van der Waals surface area contributed by atoms with Crippen molar-refractivity contribution in [1.29, 1.82) is 5.26 Å². The van der Waals surface area contributed by atoms with Crippen molar-refractivity contribution in [3.63, 3.8) is 0 Å². The number of carbonyl (C=O) groups excluding carboxylic acids is 3. The SMILES string of the molecule is COC(=O)NC[C@@H]1OC(=O)N2c3ccc(-c4ccc([C@@]5(C#N)[C@@H]6CN(C(=O)CO)C[C@@H]65)nc4)cc3C[C@@H]12. The van der Waals surface area contributed by atoms with Crippen LogP contribution in [0.15, 0.2) is 36.5 Å². The minimum absolute atomic E-state index is 0.0289. The van der Waals surface area contributed by atoms with E-state index in [2.05, 4.69) is 21.1 Å². The van der Waals surface area contributed by atoms with Gasteiger partial charge in [-0.25, -0.2) is 9.59 Å². The second kappa shape index (κ2) is 8.45. The first-order chi connectivity index (χ1) is 17.9. The smallest absolute Gasteiger partial charge is 0.415 e. The summed E-state index contributed by atoms with van der Waals surface area (Å²) < 4.78 is 10.1. The summed E-state index contributed by atoms with van der Waals surface area (Å²) in [6.45, 7) is 0.571. The van der Waals surface area contributed by atoms with E-state index < -0.39 is 30.3 Å². The predicted octanol–water partition coefficient (Wildman–Crippen LogP) is 1.20. The van der Waals surface area contributed by atoms with Crippen molar-refractivity contribution in [3.8, 4) is 17.2 Å². The number of aromatic nitrogens is 1. The summed E-state index contributed by atoms with van der Waals surface area (Å²) in [6.07, 6.45) is 0.862. The fraction of sp³-hybridized carbons (Fsp3) is 0.423. The molecule has 5 atom stereocenters. The highest BCUT2D eigenvalue weighted by Crippen LogP contribution is 2.62. The molecule has 3 amide bonds. The summed E-state index contributed by atoms with van der Waals surface area (Å²) in [5, 5.41) is 21.7. The van der Waals surface area contributed by atoms with Crippen LogP contribution < -0.4 is 10.2 Å². The zero-order valence-corrected chi connectivity index (χ0v) is 20.1. The van der Waals surface area contributed by atoms with Gasteiger partial charge in [0, 0.05) is 36.7 Å². The molecule has 3 aliphatic heterocycles. The normalized spacial score (nSPS) is 28.6. The third-order valence-corrected chi connectivity index (χ3v) is 8.18. The lowest BCUT2D eigenvalue weighted by Crippen LogP contribution is -2.40. The summed E-state index contributed by atoms with van der Waals surface area (Å²) in [4.78, 5) is 43.6. The minimum atomic E-state index is -0.693. The van der Waals surface area contributed by atoms with Crippen LogP contribution in [0.1, 0.15) is 11.3 Å². The number of fused-ring (bicyclic) bond motifs is 4. The number of nitrogens with one attached hydrogen (secondary N) is 1. The van der Waals surface area contributed by atoms with Crippen LogP contribution in [0.25, 0.3) is 11.1 Å². The number of ether oxygens (including phenoxy) is 2. The highest BCUT2D eigenvalue weighted by molar-refractivity contribution is 5.94. The van der Waals surface area contributed by atoms with Gasteiger partial charge >= 0.3 is 12.2 Å². The number of hydrogen-bond acceptors (Lipinski definition) is 8. The molecule has 11 nitrogen and oxygen atoms in total. The van der Waals surface area contributed by atoms with E-state index in [9.17, 15) is 19.6 Å². The molecule has 1 saturated carbocycles. The van der Waals surface area contributed by atoms with Gasteiger partial charge in [-0.1, -0.05) is 12.1 Å². The van der Waals surface area contributed by atoms with E-state index in [4.69, 9.17) is 9.84 Å². The molecule has 0 bridgehead atoms. The molecule has 2 aromatic rings. The number of aliphatic hydroxyl groups is 1. The number of aliphatic hydroxyl groups excluding tert-OH is 1. The van der Waals surface area contributed by atoms with Crippen LogP contribution in [-0.2, 0) is 26.1 Å². The lowest BCUT2D eigenvalue weighted by atomic mass is 9.95. The first kappa shape index (κ1) is 23.2. The Labute approximate surface area is 212 Å². The maximum atomic E-state index is 12.5. The highest BCUT2D eigenvalue weighted by Gasteiger charge is 2.71. The number of nitrogens with zero attached hydrogens (tertiary/aromatic N) is 4. The van der Waals surface area contributed by atoms with E-state index in [1.54, 1.807) is 16.0 Å². The lowest BCUT2D eigenvalue weighted by molar-refractivity contribution is -0.133. The van der Waals surface area contributed by atoms with Gasteiger partial charge in [0.15, 0.2) is 0 Å². The van der Waals surface area contributed by atoms with Crippen LogP contribution in [0, 0.1) is 23.2 Å². The van der Waals surface area contributed by atoms with Crippen molar-refractivity contribution < 1.29 is 29.0 Å². The number of hydrogen-bond donors (Lipinski definition) is 2. The third-order valence-electron chi connectivity index (χ3n) is 8.18. The first-order valence-electron chi connectivity index (χ1n) is 12.1. The van der Waals surface area contributed by atoms with Crippen LogP contribution in [0.5, 0.6) is 0 Å². The fourth-order valence-corrected chi connectivity index (χ4v) is 6.24. The number of pyridine rings is 1. The number of methoxy groups -OCH3 is 1. The van der Waals surface area contributed by atoms with E-state index in [1.165, 1.54) is 7.11 Å². The quantitative estimate of drug-likeness (QED) is 0.619. The number of alkyl carbamates (subject to hydrolysis) is 1. The molecule has 1 aromatic carbocycles. The third kappa shape index (κ3) is 3.43. The van der Waals surface area contributed by atoms with Crippen molar-refractivity contribution >= 4 is 23.8 Å². The van der Waals surface area contributed by atoms with Gasteiger partial charge in [-0.2, -0.15) is 5.26 Å². The molecule has 1 aromatic heterocycles. The van der Waals surface area contributed by atoms with Crippen LogP contribution >= 0.6 is 0 Å². The molecule has 0 unspecified atom stereocenters.